The Kier molecular flexibility index (Phi) is 3.35. The van der Waals surface area contributed by atoms with Crippen molar-refractivity contribution in [3.05, 3.63) is 26.9 Å². The summed E-state index contributed by atoms with van der Waals surface area (Å²) >= 11 is 3.16. The molecule has 1 fully saturated rings. The van der Waals surface area contributed by atoms with Crippen molar-refractivity contribution in [2.75, 3.05) is 18.2 Å². The van der Waals surface area contributed by atoms with Crippen LogP contribution in [-0.4, -0.2) is 23.1 Å². The summed E-state index contributed by atoms with van der Waals surface area (Å²) in [7, 11) is 0. The molecule has 0 saturated carbocycles. The number of halogens is 1. The van der Waals surface area contributed by atoms with Crippen LogP contribution in [0, 0.1) is 10.1 Å². The number of hydrogen-bond acceptors (Lipinski definition) is 5. The van der Waals surface area contributed by atoms with E-state index in [4.69, 9.17) is 4.84 Å². The number of pyridine rings is 1. The normalized spacial score (nSPS) is 16.2. The Morgan fingerprint density at radius 2 is 2.38 bits per heavy atom. The summed E-state index contributed by atoms with van der Waals surface area (Å²) in [4.78, 5) is 19.8. The van der Waals surface area contributed by atoms with Crippen LogP contribution in [0.2, 0.25) is 0 Å². The second-order valence-electron chi connectivity index (χ2n) is 3.40. The summed E-state index contributed by atoms with van der Waals surface area (Å²) in [6.07, 6.45) is 3.45. The maximum absolute atomic E-state index is 10.9. The zero-order valence-electron chi connectivity index (χ0n) is 8.43. The summed E-state index contributed by atoms with van der Waals surface area (Å²) in [5.41, 5.74) is -0.0451. The molecule has 86 valence electrons. The summed E-state index contributed by atoms with van der Waals surface area (Å²) in [6.45, 7) is 1.21. The summed E-state index contributed by atoms with van der Waals surface area (Å²) in [5, 5.41) is 12.4. The zero-order valence-corrected chi connectivity index (χ0v) is 10.0. The van der Waals surface area contributed by atoms with E-state index in [-0.39, 0.29) is 11.5 Å². The van der Waals surface area contributed by atoms with Crippen molar-refractivity contribution in [1.29, 1.82) is 0 Å². The van der Waals surface area contributed by atoms with Crippen LogP contribution in [0.5, 0.6) is 0 Å². The summed E-state index contributed by atoms with van der Waals surface area (Å²) in [5.74, 6) is 0.271. The second-order valence-corrected chi connectivity index (χ2v) is 4.31. The standard InChI is InChI=1S/C9H10BrN3O3/c10-7-5-8(13(14)15)9(11-6-7)12-3-1-2-4-16-12/h5-6H,1-4H2. The van der Waals surface area contributed by atoms with Crippen molar-refractivity contribution in [1.82, 2.24) is 4.98 Å². The first kappa shape index (κ1) is 11.3. The Bertz CT molecular complexity index is 407. The van der Waals surface area contributed by atoms with Gasteiger partial charge in [-0.25, -0.2) is 10.0 Å². The van der Waals surface area contributed by atoms with Gasteiger partial charge in [0.15, 0.2) is 0 Å². The molecule has 0 atom stereocenters. The fraction of sp³-hybridized carbons (Fsp3) is 0.444. The molecule has 0 aromatic carbocycles. The van der Waals surface area contributed by atoms with Gasteiger partial charge in [-0.05, 0) is 28.8 Å². The molecule has 0 spiro atoms. The lowest BCUT2D eigenvalue weighted by Gasteiger charge is -2.26. The number of hydrogen-bond donors (Lipinski definition) is 0. The molecule has 1 aliphatic heterocycles. The fourth-order valence-corrected chi connectivity index (χ4v) is 1.83. The van der Waals surface area contributed by atoms with E-state index in [0.29, 0.717) is 17.6 Å². The molecule has 1 aromatic rings. The molecule has 0 aliphatic carbocycles. The summed E-state index contributed by atoms with van der Waals surface area (Å²) in [6, 6.07) is 1.43. The Labute approximate surface area is 100 Å². The van der Waals surface area contributed by atoms with Crippen molar-refractivity contribution < 1.29 is 9.76 Å². The first-order chi connectivity index (χ1) is 7.68. The molecule has 1 aromatic heterocycles. The van der Waals surface area contributed by atoms with Gasteiger partial charge in [0.25, 0.3) is 0 Å². The molecule has 1 saturated heterocycles. The molecule has 0 unspecified atom stereocenters. The Balaban J connectivity index is 2.34. The van der Waals surface area contributed by atoms with Crippen LogP contribution in [0.15, 0.2) is 16.7 Å². The number of nitro groups is 1. The number of rotatable bonds is 2. The minimum atomic E-state index is -0.453. The highest BCUT2D eigenvalue weighted by Gasteiger charge is 2.23. The Hall–Kier alpha value is -1.21. The highest BCUT2D eigenvalue weighted by molar-refractivity contribution is 9.10. The maximum Gasteiger partial charge on any atom is 0.314 e. The SMILES string of the molecule is O=[N+]([O-])c1cc(Br)cnc1N1CCCCO1. The number of anilines is 1. The van der Waals surface area contributed by atoms with E-state index < -0.39 is 4.92 Å². The van der Waals surface area contributed by atoms with E-state index in [2.05, 4.69) is 20.9 Å². The van der Waals surface area contributed by atoms with Crippen molar-refractivity contribution in [3.8, 4) is 0 Å². The molecule has 0 amide bonds. The van der Waals surface area contributed by atoms with Gasteiger partial charge in [0, 0.05) is 23.3 Å². The van der Waals surface area contributed by atoms with Crippen LogP contribution in [0.3, 0.4) is 0 Å². The van der Waals surface area contributed by atoms with E-state index in [1.54, 1.807) is 0 Å². The first-order valence-corrected chi connectivity index (χ1v) is 5.68. The van der Waals surface area contributed by atoms with Crippen LogP contribution in [0.1, 0.15) is 12.8 Å². The lowest BCUT2D eigenvalue weighted by atomic mass is 10.3. The predicted molar refractivity (Wildman–Crippen MR) is 61.1 cm³/mol. The predicted octanol–water partition coefficient (Wildman–Crippen LogP) is 2.28. The van der Waals surface area contributed by atoms with E-state index in [0.717, 1.165) is 12.8 Å². The molecule has 16 heavy (non-hydrogen) atoms. The van der Waals surface area contributed by atoms with E-state index >= 15 is 0 Å². The monoisotopic (exact) mass is 287 g/mol. The van der Waals surface area contributed by atoms with Crippen molar-refractivity contribution in [3.63, 3.8) is 0 Å². The van der Waals surface area contributed by atoms with Crippen molar-refractivity contribution in [2.24, 2.45) is 0 Å². The summed E-state index contributed by atoms with van der Waals surface area (Å²) < 4.78 is 0.583. The number of aromatic nitrogens is 1. The number of nitrogens with zero attached hydrogens (tertiary/aromatic N) is 3. The minimum Gasteiger partial charge on any atom is -0.272 e. The van der Waals surface area contributed by atoms with Gasteiger partial charge in [0.2, 0.25) is 5.82 Å². The van der Waals surface area contributed by atoms with Crippen LogP contribution < -0.4 is 5.06 Å². The third kappa shape index (κ3) is 2.30. The largest absolute Gasteiger partial charge is 0.314 e. The molecule has 7 heteroatoms. The second kappa shape index (κ2) is 4.75. The minimum absolute atomic E-state index is 0.0451. The van der Waals surface area contributed by atoms with E-state index in [1.165, 1.54) is 17.3 Å². The molecule has 2 heterocycles. The molecule has 0 bridgehead atoms. The van der Waals surface area contributed by atoms with E-state index in [9.17, 15) is 10.1 Å². The topological polar surface area (TPSA) is 68.5 Å². The highest BCUT2D eigenvalue weighted by atomic mass is 79.9. The number of hydroxylamine groups is 1. The van der Waals surface area contributed by atoms with Crippen LogP contribution in [0.25, 0.3) is 0 Å². The molecule has 2 rings (SSSR count). The van der Waals surface area contributed by atoms with Gasteiger partial charge >= 0.3 is 5.69 Å². The van der Waals surface area contributed by atoms with Gasteiger partial charge in [-0.2, -0.15) is 0 Å². The molecular weight excluding hydrogens is 278 g/mol. The molecule has 0 N–H and O–H groups in total. The molecule has 1 aliphatic rings. The van der Waals surface area contributed by atoms with Gasteiger partial charge in [-0.1, -0.05) is 0 Å². The molecule has 6 nitrogen and oxygen atoms in total. The Morgan fingerprint density at radius 1 is 1.56 bits per heavy atom. The van der Waals surface area contributed by atoms with Crippen molar-refractivity contribution in [2.45, 2.75) is 12.8 Å². The third-order valence-electron chi connectivity index (χ3n) is 2.25. The quantitative estimate of drug-likeness (QED) is 0.617. The molecular formula is C9H10BrN3O3. The third-order valence-corrected chi connectivity index (χ3v) is 2.68. The van der Waals surface area contributed by atoms with Crippen LogP contribution >= 0.6 is 15.9 Å². The average molecular weight is 288 g/mol. The smallest absolute Gasteiger partial charge is 0.272 e. The maximum atomic E-state index is 10.9. The van der Waals surface area contributed by atoms with Gasteiger partial charge in [0.1, 0.15) is 0 Å². The van der Waals surface area contributed by atoms with Gasteiger partial charge < -0.3 is 0 Å². The van der Waals surface area contributed by atoms with Crippen LogP contribution in [0.4, 0.5) is 11.5 Å². The van der Waals surface area contributed by atoms with Gasteiger partial charge in [-0.3, -0.25) is 15.0 Å². The highest BCUT2D eigenvalue weighted by Crippen LogP contribution is 2.29. The molecule has 0 radical (unpaired) electrons. The lowest BCUT2D eigenvalue weighted by molar-refractivity contribution is -0.384. The first-order valence-electron chi connectivity index (χ1n) is 4.89. The fourth-order valence-electron chi connectivity index (χ4n) is 1.51. The Morgan fingerprint density at radius 3 is 3.00 bits per heavy atom. The van der Waals surface area contributed by atoms with Crippen LogP contribution in [-0.2, 0) is 4.84 Å². The van der Waals surface area contributed by atoms with Gasteiger partial charge in [-0.15, -0.1) is 0 Å². The van der Waals surface area contributed by atoms with Gasteiger partial charge in [0.05, 0.1) is 11.5 Å². The zero-order chi connectivity index (χ0) is 11.5. The van der Waals surface area contributed by atoms with Crippen molar-refractivity contribution >= 4 is 27.4 Å². The van der Waals surface area contributed by atoms with E-state index in [1.807, 2.05) is 0 Å². The average Bonchev–Trinajstić information content (AvgIpc) is 2.30. The lowest BCUT2D eigenvalue weighted by Crippen LogP contribution is -2.31.